The SMILES string of the molecule is CCCCC=C(C)C(C)C(=O)OC(C)C. The summed E-state index contributed by atoms with van der Waals surface area (Å²) >= 11 is 0. The third-order valence-corrected chi connectivity index (χ3v) is 2.41. The predicted octanol–water partition coefficient (Wildman–Crippen LogP) is 3.71. The molecule has 0 aromatic rings. The molecule has 0 amide bonds. The number of ether oxygens (including phenoxy) is 1. The molecular weight excluding hydrogens is 188 g/mol. The van der Waals surface area contributed by atoms with Gasteiger partial charge in [0, 0.05) is 0 Å². The summed E-state index contributed by atoms with van der Waals surface area (Å²) in [5, 5.41) is 0. The molecule has 0 saturated carbocycles. The van der Waals surface area contributed by atoms with Gasteiger partial charge in [0.15, 0.2) is 0 Å². The Hall–Kier alpha value is -0.790. The summed E-state index contributed by atoms with van der Waals surface area (Å²) in [6.45, 7) is 9.82. The van der Waals surface area contributed by atoms with E-state index in [2.05, 4.69) is 13.0 Å². The number of rotatable bonds is 6. The first-order chi connectivity index (χ1) is 6.99. The van der Waals surface area contributed by atoms with Crippen molar-refractivity contribution in [3.8, 4) is 0 Å². The molecule has 0 bridgehead atoms. The van der Waals surface area contributed by atoms with Crippen LogP contribution in [0.25, 0.3) is 0 Å². The number of hydrogen-bond donors (Lipinski definition) is 0. The molecule has 0 saturated heterocycles. The van der Waals surface area contributed by atoms with Gasteiger partial charge in [-0.25, -0.2) is 0 Å². The van der Waals surface area contributed by atoms with Crippen LogP contribution in [0.5, 0.6) is 0 Å². The summed E-state index contributed by atoms with van der Waals surface area (Å²) in [6.07, 6.45) is 5.55. The molecule has 0 radical (unpaired) electrons. The van der Waals surface area contributed by atoms with Crippen LogP contribution >= 0.6 is 0 Å². The van der Waals surface area contributed by atoms with E-state index in [1.54, 1.807) is 0 Å². The second-order valence-electron chi connectivity index (χ2n) is 4.30. The highest BCUT2D eigenvalue weighted by molar-refractivity contribution is 5.75. The minimum Gasteiger partial charge on any atom is -0.463 e. The minimum atomic E-state index is -0.116. The third-order valence-electron chi connectivity index (χ3n) is 2.41. The van der Waals surface area contributed by atoms with E-state index < -0.39 is 0 Å². The number of carbonyl (C=O) groups is 1. The molecule has 1 unspecified atom stereocenters. The molecule has 2 nitrogen and oxygen atoms in total. The average Bonchev–Trinajstić information content (AvgIpc) is 2.15. The molecule has 0 rings (SSSR count). The van der Waals surface area contributed by atoms with E-state index in [0.717, 1.165) is 12.0 Å². The van der Waals surface area contributed by atoms with Crippen molar-refractivity contribution in [2.75, 3.05) is 0 Å². The van der Waals surface area contributed by atoms with E-state index in [1.165, 1.54) is 12.8 Å². The Morgan fingerprint density at radius 1 is 1.33 bits per heavy atom. The summed E-state index contributed by atoms with van der Waals surface area (Å²) in [4.78, 5) is 11.6. The van der Waals surface area contributed by atoms with Crippen LogP contribution < -0.4 is 0 Å². The lowest BCUT2D eigenvalue weighted by Crippen LogP contribution is -2.19. The Morgan fingerprint density at radius 2 is 1.93 bits per heavy atom. The molecule has 2 heteroatoms. The largest absolute Gasteiger partial charge is 0.463 e. The number of carbonyl (C=O) groups excluding carboxylic acids is 1. The lowest BCUT2D eigenvalue weighted by Gasteiger charge is -2.14. The van der Waals surface area contributed by atoms with Gasteiger partial charge < -0.3 is 4.74 Å². The van der Waals surface area contributed by atoms with Gasteiger partial charge in [0.2, 0.25) is 0 Å². The van der Waals surface area contributed by atoms with Crippen LogP contribution in [0.15, 0.2) is 11.6 Å². The second-order valence-corrected chi connectivity index (χ2v) is 4.30. The van der Waals surface area contributed by atoms with Gasteiger partial charge in [-0.15, -0.1) is 0 Å². The van der Waals surface area contributed by atoms with Crippen LogP contribution in [0.2, 0.25) is 0 Å². The molecule has 1 atom stereocenters. The number of unbranched alkanes of at least 4 members (excludes halogenated alkanes) is 2. The van der Waals surface area contributed by atoms with Crippen molar-refractivity contribution < 1.29 is 9.53 Å². The van der Waals surface area contributed by atoms with Gasteiger partial charge >= 0.3 is 5.97 Å². The minimum absolute atomic E-state index is 0.0246. The monoisotopic (exact) mass is 212 g/mol. The van der Waals surface area contributed by atoms with Crippen molar-refractivity contribution in [2.45, 2.75) is 60.0 Å². The fourth-order valence-electron chi connectivity index (χ4n) is 1.23. The normalized spacial score (nSPS) is 14.1. The molecular formula is C13H24O2. The highest BCUT2D eigenvalue weighted by Gasteiger charge is 2.16. The Labute approximate surface area is 93.7 Å². The van der Waals surface area contributed by atoms with Crippen LogP contribution in [0.4, 0.5) is 0 Å². The Morgan fingerprint density at radius 3 is 2.40 bits per heavy atom. The molecule has 0 fully saturated rings. The quantitative estimate of drug-likeness (QED) is 0.381. The standard InChI is InChI=1S/C13H24O2/c1-6-7-8-9-11(4)12(5)13(14)15-10(2)3/h9-10,12H,6-8H2,1-5H3. The molecule has 0 aromatic carbocycles. The first-order valence-electron chi connectivity index (χ1n) is 5.86. The Kier molecular flexibility index (Phi) is 7.10. The van der Waals surface area contributed by atoms with Gasteiger partial charge in [0.05, 0.1) is 12.0 Å². The summed E-state index contributed by atoms with van der Waals surface area (Å²) < 4.78 is 5.16. The maximum atomic E-state index is 11.6. The summed E-state index contributed by atoms with van der Waals surface area (Å²) in [5.74, 6) is -0.223. The predicted molar refractivity (Wildman–Crippen MR) is 63.7 cm³/mol. The Balaban J connectivity index is 4.11. The van der Waals surface area contributed by atoms with E-state index in [0.29, 0.717) is 0 Å². The van der Waals surface area contributed by atoms with E-state index in [-0.39, 0.29) is 18.0 Å². The molecule has 0 aliphatic carbocycles. The van der Waals surface area contributed by atoms with E-state index in [1.807, 2.05) is 27.7 Å². The molecule has 0 aliphatic heterocycles. The first kappa shape index (κ1) is 14.2. The molecule has 0 spiro atoms. The zero-order valence-electron chi connectivity index (χ0n) is 10.7. The molecule has 88 valence electrons. The first-order valence-corrected chi connectivity index (χ1v) is 5.86. The fraction of sp³-hybridized carbons (Fsp3) is 0.769. The van der Waals surface area contributed by atoms with Crippen molar-refractivity contribution in [1.29, 1.82) is 0 Å². The molecule has 0 heterocycles. The van der Waals surface area contributed by atoms with Gasteiger partial charge in [-0.1, -0.05) is 31.4 Å². The van der Waals surface area contributed by atoms with E-state index >= 15 is 0 Å². The Bertz CT molecular complexity index is 217. The van der Waals surface area contributed by atoms with Crippen molar-refractivity contribution >= 4 is 5.97 Å². The van der Waals surface area contributed by atoms with Gasteiger partial charge in [-0.3, -0.25) is 4.79 Å². The van der Waals surface area contributed by atoms with Crippen LogP contribution in [-0.4, -0.2) is 12.1 Å². The van der Waals surface area contributed by atoms with Crippen molar-refractivity contribution in [1.82, 2.24) is 0 Å². The summed E-state index contributed by atoms with van der Waals surface area (Å²) in [5.41, 5.74) is 1.12. The molecule has 0 aromatic heterocycles. The number of allylic oxidation sites excluding steroid dienone is 1. The van der Waals surface area contributed by atoms with Crippen molar-refractivity contribution in [2.24, 2.45) is 5.92 Å². The third kappa shape index (κ3) is 6.32. The van der Waals surface area contributed by atoms with Gasteiger partial charge in [-0.05, 0) is 34.1 Å². The van der Waals surface area contributed by atoms with Crippen LogP contribution in [0.3, 0.4) is 0 Å². The lowest BCUT2D eigenvalue weighted by atomic mass is 10.0. The van der Waals surface area contributed by atoms with Crippen molar-refractivity contribution in [3.63, 3.8) is 0 Å². The average molecular weight is 212 g/mol. The van der Waals surface area contributed by atoms with Crippen LogP contribution in [0.1, 0.15) is 53.9 Å². The van der Waals surface area contributed by atoms with Crippen LogP contribution in [-0.2, 0) is 9.53 Å². The van der Waals surface area contributed by atoms with Gasteiger partial charge in [0.1, 0.15) is 0 Å². The van der Waals surface area contributed by atoms with E-state index in [9.17, 15) is 4.79 Å². The maximum absolute atomic E-state index is 11.6. The van der Waals surface area contributed by atoms with Crippen molar-refractivity contribution in [3.05, 3.63) is 11.6 Å². The summed E-state index contributed by atoms with van der Waals surface area (Å²) in [7, 11) is 0. The van der Waals surface area contributed by atoms with Crippen LogP contribution in [0, 0.1) is 5.92 Å². The maximum Gasteiger partial charge on any atom is 0.313 e. The fourth-order valence-corrected chi connectivity index (χ4v) is 1.23. The highest BCUT2D eigenvalue weighted by Crippen LogP contribution is 2.14. The number of esters is 1. The zero-order valence-corrected chi connectivity index (χ0v) is 10.7. The topological polar surface area (TPSA) is 26.3 Å². The highest BCUT2D eigenvalue weighted by atomic mass is 16.5. The number of hydrogen-bond acceptors (Lipinski definition) is 2. The zero-order chi connectivity index (χ0) is 11.8. The van der Waals surface area contributed by atoms with Gasteiger partial charge in [-0.2, -0.15) is 0 Å². The lowest BCUT2D eigenvalue weighted by molar-refractivity contribution is -0.150. The molecule has 15 heavy (non-hydrogen) atoms. The molecule has 0 aliphatic rings. The summed E-state index contributed by atoms with van der Waals surface area (Å²) in [6, 6.07) is 0. The van der Waals surface area contributed by atoms with Gasteiger partial charge in [0.25, 0.3) is 0 Å². The smallest absolute Gasteiger partial charge is 0.313 e. The van der Waals surface area contributed by atoms with E-state index in [4.69, 9.17) is 4.74 Å². The second kappa shape index (κ2) is 7.49. The molecule has 0 N–H and O–H groups in total.